The Morgan fingerprint density at radius 1 is 0.875 bits per heavy atom. The molecule has 0 aromatic rings. The average molecular weight is 118 g/mol. The lowest BCUT2D eigenvalue weighted by molar-refractivity contribution is -0.188. The molecule has 0 amide bonds. The zero-order valence-electron chi connectivity index (χ0n) is 4.02. The fourth-order valence-electron chi connectivity index (χ4n) is 0.161. The van der Waals surface area contributed by atoms with E-state index >= 15 is 0 Å². The topological polar surface area (TPSA) is 58.9 Å². The second kappa shape index (κ2) is 6.00. The normalized spacial score (nSPS) is 10.8. The molecule has 4 nitrogen and oxygen atoms in total. The molecule has 0 heterocycles. The monoisotopic (exact) mass is 118 g/mol. The van der Waals surface area contributed by atoms with E-state index in [1.165, 1.54) is 12.2 Å². The third-order valence-electron chi connectivity index (χ3n) is 0.390. The second-order valence-electron chi connectivity index (χ2n) is 0.868. The van der Waals surface area contributed by atoms with Gasteiger partial charge in [0.2, 0.25) is 0 Å². The fourth-order valence-corrected chi connectivity index (χ4v) is 0.161. The van der Waals surface area contributed by atoms with Crippen molar-refractivity contribution in [2.75, 3.05) is 0 Å². The average Bonchev–Trinajstić information content (AvgIpc) is 1.81. The van der Waals surface area contributed by atoms with Crippen LogP contribution in [-0.2, 0) is 9.78 Å². The standard InChI is InChI=1S/C4H6O4/c5-7-3-1-2-4-8-6/h1-6H/b3-1-,4-2+. The Balaban J connectivity index is 3.13. The Bertz CT molecular complexity index is 74.0. The maximum absolute atomic E-state index is 7.64. The summed E-state index contributed by atoms with van der Waals surface area (Å²) in [5, 5.41) is 15.3. The lowest BCUT2D eigenvalue weighted by Gasteiger charge is -1.78. The lowest BCUT2D eigenvalue weighted by atomic mass is 10.6. The number of hydrogen-bond acceptors (Lipinski definition) is 4. The summed E-state index contributed by atoms with van der Waals surface area (Å²) in [6, 6.07) is 0. The number of hydrogen-bond donors (Lipinski definition) is 2. The molecule has 0 radical (unpaired) electrons. The van der Waals surface area contributed by atoms with Crippen molar-refractivity contribution < 1.29 is 20.3 Å². The van der Waals surface area contributed by atoms with Crippen LogP contribution >= 0.6 is 0 Å². The van der Waals surface area contributed by atoms with E-state index in [4.69, 9.17) is 10.5 Å². The first-order chi connectivity index (χ1) is 3.91. The smallest absolute Gasteiger partial charge is 0.129 e. The third kappa shape index (κ3) is 5.00. The Morgan fingerprint density at radius 3 is 1.50 bits per heavy atom. The van der Waals surface area contributed by atoms with Gasteiger partial charge in [-0.3, -0.25) is 0 Å². The van der Waals surface area contributed by atoms with Gasteiger partial charge in [0.05, 0.1) is 0 Å². The molecule has 2 N–H and O–H groups in total. The molecule has 0 unspecified atom stereocenters. The van der Waals surface area contributed by atoms with Crippen LogP contribution in [0.25, 0.3) is 0 Å². The van der Waals surface area contributed by atoms with Crippen LogP contribution in [0.5, 0.6) is 0 Å². The van der Waals surface area contributed by atoms with Crippen molar-refractivity contribution in [3.05, 3.63) is 24.7 Å². The highest BCUT2D eigenvalue weighted by Gasteiger charge is 1.62. The van der Waals surface area contributed by atoms with Gasteiger partial charge in [-0.2, -0.15) is 0 Å². The van der Waals surface area contributed by atoms with E-state index in [0.29, 0.717) is 0 Å². The predicted octanol–water partition coefficient (Wildman–Crippen LogP) is 0.993. The van der Waals surface area contributed by atoms with Crippen molar-refractivity contribution in [3.8, 4) is 0 Å². The molecule has 0 aromatic carbocycles. The van der Waals surface area contributed by atoms with E-state index in [9.17, 15) is 0 Å². The lowest BCUT2D eigenvalue weighted by Crippen LogP contribution is -1.65. The van der Waals surface area contributed by atoms with Gasteiger partial charge in [0.25, 0.3) is 0 Å². The van der Waals surface area contributed by atoms with Crippen LogP contribution in [0.4, 0.5) is 0 Å². The first-order valence-corrected chi connectivity index (χ1v) is 1.84. The molecule has 0 rings (SSSR count). The predicted molar refractivity (Wildman–Crippen MR) is 25.7 cm³/mol. The first-order valence-electron chi connectivity index (χ1n) is 1.84. The highest BCUT2D eigenvalue weighted by atomic mass is 17.1. The Hall–Kier alpha value is -1.00. The molecule has 4 heteroatoms. The Labute approximate surface area is 46.1 Å². The summed E-state index contributed by atoms with van der Waals surface area (Å²) >= 11 is 0. The Morgan fingerprint density at radius 2 is 1.25 bits per heavy atom. The van der Waals surface area contributed by atoms with Crippen molar-refractivity contribution in [1.29, 1.82) is 0 Å². The summed E-state index contributed by atoms with van der Waals surface area (Å²) in [5.41, 5.74) is 0. The van der Waals surface area contributed by atoms with Gasteiger partial charge in [0.1, 0.15) is 12.5 Å². The van der Waals surface area contributed by atoms with Gasteiger partial charge in [-0.1, -0.05) is 0 Å². The zero-order valence-corrected chi connectivity index (χ0v) is 4.02. The van der Waals surface area contributed by atoms with Crippen LogP contribution in [0.3, 0.4) is 0 Å². The quantitative estimate of drug-likeness (QED) is 0.251. The maximum Gasteiger partial charge on any atom is 0.129 e. The molecule has 0 atom stereocenters. The molecule has 0 saturated heterocycles. The van der Waals surface area contributed by atoms with Crippen LogP contribution in [-0.4, -0.2) is 10.5 Å². The molecule has 0 bridgehead atoms. The minimum Gasteiger partial charge on any atom is -0.348 e. The van der Waals surface area contributed by atoms with Crippen LogP contribution < -0.4 is 0 Å². The van der Waals surface area contributed by atoms with Crippen molar-refractivity contribution in [2.45, 2.75) is 0 Å². The van der Waals surface area contributed by atoms with Crippen molar-refractivity contribution in [3.63, 3.8) is 0 Å². The molecule has 8 heavy (non-hydrogen) atoms. The van der Waals surface area contributed by atoms with Gasteiger partial charge >= 0.3 is 0 Å². The molecular weight excluding hydrogens is 112 g/mol. The zero-order chi connectivity index (χ0) is 6.24. The highest BCUT2D eigenvalue weighted by molar-refractivity contribution is 4.95. The molecule has 0 aliphatic carbocycles. The fraction of sp³-hybridized carbons (Fsp3) is 0. The van der Waals surface area contributed by atoms with Gasteiger partial charge in [0.15, 0.2) is 0 Å². The third-order valence-corrected chi connectivity index (χ3v) is 0.390. The van der Waals surface area contributed by atoms with Crippen molar-refractivity contribution in [2.24, 2.45) is 0 Å². The van der Waals surface area contributed by atoms with E-state index in [1.807, 2.05) is 0 Å². The van der Waals surface area contributed by atoms with Crippen molar-refractivity contribution in [1.82, 2.24) is 0 Å². The molecule has 0 fully saturated rings. The molecule has 0 aromatic heterocycles. The molecule has 46 valence electrons. The van der Waals surface area contributed by atoms with E-state index < -0.39 is 0 Å². The summed E-state index contributed by atoms with van der Waals surface area (Å²) in [4.78, 5) is 7.04. The van der Waals surface area contributed by atoms with Gasteiger partial charge in [-0.25, -0.2) is 10.5 Å². The van der Waals surface area contributed by atoms with Crippen LogP contribution in [0.2, 0.25) is 0 Å². The SMILES string of the molecule is OO/C=C\C=C\OO. The maximum atomic E-state index is 7.64. The van der Waals surface area contributed by atoms with Gasteiger partial charge in [-0.05, 0) is 12.2 Å². The summed E-state index contributed by atoms with van der Waals surface area (Å²) < 4.78 is 0. The summed E-state index contributed by atoms with van der Waals surface area (Å²) in [7, 11) is 0. The van der Waals surface area contributed by atoms with Crippen LogP contribution in [0, 0.1) is 0 Å². The minimum absolute atomic E-state index is 1.01. The molecule has 0 spiro atoms. The van der Waals surface area contributed by atoms with Crippen LogP contribution in [0.15, 0.2) is 24.7 Å². The van der Waals surface area contributed by atoms with E-state index in [1.54, 1.807) is 0 Å². The molecule has 0 aliphatic heterocycles. The molecule has 0 aliphatic rings. The highest BCUT2D eigenvalue weighted by Crippen LogP contribution is 1.75. The van der Waals surface area contributed by atoms with E-state index in [2.05, 4.69) is 9.78 Å². The van der Waals surface area contributed by atoms with Gasteiger partial charge in [0, 0.05) is 0 Å². The summed E-state index contributed by atoms with van der Waals surface area (Å²) in [6.45, 7) is 0. The second-order valence-corrected chi connectivity index (χ2v) is 0.868. The first kappa shape index (κ1) is 7.00. The van der Waals surface area contributed by atoms with Gasteiger partial charge in [-0.15, -0.1) is 0 Å². The molecule has 0 saturated carbocycles. The van der Waals surface area contributed by atoms with Crippen molar-refractivity contribution >= 4 is 0 Å². The largest absolute Gasteiger partial charge is 0.348 e. The van der Waals surface area contributed by atoms with E-state index in [-0.39, 0.29) is 0 Å². The van der Waals surface area contributed by atoms with Crippen LogP contribution in [0.1, 0.15) is 0 Å². The number of allylic oxidation sites excluding steroid dienone is 2. The van der Waals surface area contributed by atoms with Gasteiger partial charge < -0.3 is 9.78 Å². The Kier molecular flexibility index (Phi) is 5.25. The minimum atomic E-state index is 1.01. The number of rotatable bonds is 3. The summed E-state index contributed by atoms with van der Waals surface area (Å²) in [5.74, 6) is 0. The van der Waals surface area contributed by atoms with E-state index in [0.717, 1.165) is 12.5 Å². The summed E-state index contributed by atoms with van der Waals surface area (Å²) in [6.07, 6.45) is 4.68. The molecular formula is C4H6O4.